The smallest absolute Gasteiger partial charge is 0.339 e. The van der Waals surface area contributed by atoms with Gasteiger partial charge in [0.2, 0.25) is 0 Å². The SMILES string of the molecule is CCOC(=O)c1ccc(Sc2cc3c(cc2C)C(C)(C)CCC3(C)C)nc1. The molecule has 4 heteroatoms. The fourth-order valence-corrected chi connectivity index (χ4v) is 4.56. The second-order valence-corrected chi connectivity index (χ2v) is 9.70. The molecule has 3 nitrogen and oxygen atoms in total. The number of hydrogen-bond acceptors (Lipinski definition) is 4. The summed E-state index contributed by atoms with van der Waals surface area (Å²) in [7, 11) is 0. The fourth-order valence-electron chi connectivity index (χ4n) is 3.70. The van der Waals surface area contributed by atoms with Crippen LogP contribution in [0.4, 0.5) is 0 Å². The van der Waals surface area contributed by atoms with E-state index in [-0.39, 0.29) is 16.8 Å². The number of hydrogen-bond donors (Lipinski definition) is 0. The van der Waals surface area contributed by atoms with Crippen LogP contribution in [0.15, 0.2) is 40.4 Å². The van der Waals surface area contributed by atoms with Gasteiger partial charge in [0.1, 0.15) is 5.03 Å². The Kier molecular flexibility index (Phi) is 5.40. The minimum absolute atomic E-state index is 0.190. The summed E-state index contributed by atoms with van der Waals surface area (Å²) in [4.78, 5) is 17.5. The molecule has 1 heterocycles. The van der Waals surface area contributed by atoms with Gasteiger partial charge in [0.25, 0.3) is 0 Å². The zero-order valence-corrected chi connectivity index (χ0v) is 18.0. The van der Waals surface area contributed by atoms with Gasteiger partial charge in [-0.2, -0.15) is 0 Å². The topological polar surface area (TPSA) is 39.2 Å². The Bertz CT molecular complexity index is 853. The normalized spacial score (nSPS) is 17.3. The van der Waals surface area contributed by atoms with Gasteiger partial charge >= 0.3 is 5.97 Å². The molecular weight excluding hydrogens is 354 g/mol. The van der Waals surface area contributed by atoms with Crippen LogP contribution in [-0.2, 0) is 15.6 Å². The van der Waals surface area contributed by atoms with E-state index in [2.05, 4.69) is 51.7 Å². The molecular formula is C23H29NO2S. The molecule has 0 spiro atoms. The van der Waals surface area contributed by atoms with Gasteiger partial charge in [-0.1, -0.05) is 45.5 Å². The largest absolute Gasteiger partial charge is 0.462 e. The Balaban J connectivity index is 1.91. The Labute approximate surface area is 166 Å². The molecule has 1 aromatic carbocycles. The number of ether oxygens (including phenoxy) is 1. The first-order chi connectivity index (χ1) is 12.6. The number of aryl methyl sites for hydroxylation is 1. The predicted molar refractivity (Wildman–Crippen MR) is 111 cm³/mol. The van der Waals surface area contributed by atoms with Gasteiger partial charge in [-0.3, -0.25) is 0 Å². The van der Waals surface area contributed by atoms with E-state index in [0.29, 0.717) is 12.2 Å². The minimum Gasteiger partial charge on any atom is -0.462 e. The zero-order valence-electron chi connectivity index (χ0n) is 17.2. The van der Waals surface area contributed by atoms with E-state index in [1.165, 1.54) is 34.4 Å². The Hall–Kier alpha value is -1.81. The monoisotopic (exact) mass is 383 g/mol. The van der Waals surface area contributed by atoms with Crippen LogP contribution < -0.4 is 0 Å². The van der Waals surface area contributed by atoms with E-state index < -0.39 is 0 Å². The third-order valence-electron chi connectivity index (χ3n) is 5.61. The Morgan fingerprint density at radius 1 is 1.11 bits per heavy atom. The van der Waals surface area contributed by atoms with Gasteiger partial charge in [-0.15, -0.1) is 0 Å². The molecule has 27 heavy (non-hydrogen) atoms. The fraction of sp³-hybridized carbons (Fsp3) is 0.478. The van der Waals surface area contributed by atoms with Crippen molar-refractivity contribution in [1.29, 1.82) is 0 Å². The summed E-state index contributed by atoms with van der Waals surface area (Å²) >= 11 is 1.66. The molecule has 0 atom stereocenters. The zero-order chi connectivity index (χ0) is 19.8. The summed E-state index contributed by atoms with van der Waals surface area (Å²) in [6.45, 7) is 13.7. The van der Waals surface area contributed by atoms with Gasteiger partial charge in [0.05, 0.1) is 12.2 Å². The molecule has 0 aliphatic heterocycles. The molecule has 0 bridgehead atoms. The molecule has 1 aromatic heterocycles. The van der Waals surface area contributed by atoms with Crippen molar-refractivity contribution >= 4 is 17.7 Å². The van der Waals surface area contributed by atoms with Crippen molar-refractivity contribution in [3.63, 3.8) is 0 Å². The standard InChI is InChI=1S/C23H29NO2S/c1-7-26-21(25)16-8-9-20(24-14-16)27-19-13-18-17(12-15(19)2)22(3,4)10-11-23(18,5)6/h8-9,12-14H,7,10-11H2,1-6H3. The summed E-state index contributed by atoms with van der Waals surface area (Å²) in [6, 6.07) is 8.40. The van der Waals surface area contributed by atoms with Gasteiger partial charge in [0, 0.05) is 11.1 Å². The number of carbonyl (C=O) groups excluding carboxylic acids is 1. The maximum Gasteiger partial charge on any atom is 0.339 e. The first-order valence-electron chi connectivity index (χ1n) is 9.61. The van der Waals surface area contributed by atoms with Crippen molar-refractivity contribution in [3.8, 4) is 0 Å². The summed E-state index contributed by atoms with van der Waals surface area (Å²) in [5.74, 6) is -0.324. The van der Waals surface area contributed by atoms with Gasteiger partial charge in [-0.05, 0) is 72.4 Å². The van der Waals surface area contributed by atoms with Crippen LogP contribution >= 0.6 is 11.8 Å². The predicted octanol–water partition coefficient (Wildman–Crippen LogP) is 6.07. The molecule has 0 amide bonds. The highest BCUT2D eigenvalue weighted by molar-refractivity contribution is 7.99. The maximum absolute atomic E-state index is 11.8. The third-order valence-corrected chi connectivity index (χ3v) is 6.72. The second kappa shape index (κ2) is 7.31. The van der Waals surface area contributed by atoms with Crippen LogP contribution in [-0.4, -0.2) is 17.6 Å². The molecule has 0 saturated carbocycles. The molecule has 1 aliphatic rings. The number of benzene rings is 1. The molecule has 2 aromatic rings. The number of carbonyl (C=O) groups is 1. The number of nitrogens with zero attached hydrogens (tertiary/aromatic N) is 1. The Morgan fingerprint density at radius 3 is 2.30 bits per heavy atom. The number of esters is 1. The van der Waals surface area contributed by atoms with Gasteiger partial charge in [0.15, 0.2) is 0 Å². The van der Waals surface area contributed by atoms with E-state index in [4.69, 9.17) is 4.74 Å². The number of pyridine rings is 1. The lowest BCUT2D eigenvalue weighted by Gasteiger charge is -2.42. The second-order valence-electron chi connectivity index (χ2n) is 8.64. The summed E-state index contributed by atoms with van der Waals surface area (Å²) < 4.78 is 5.02. The van der Waals surface area contributed by atoms with Crippen LogP contribution in [0.25, 0.3) is 0 Å². The van der Waals surface area contributed by atoms with E-state index in [1.54, 1.807) is 30.9 Å². The molecule has 0 radical (unpaired) electrons. The molecule has 0 unspecified atom stereocenters. The highest BCUT2D eigenvalue weighted by atomic mass is 32.2. The molecule has 0 saturated heterocycles. The number of aromatic nitrogens is 1. The van der Waals surface area contributed by atoms with Crippen LogP contribution in [0.3, 0.4) is 0 Å². The molecule has 1 aliphatic carbocycles. The van der Waals surface area contributed by atoms with Crippen LogP contribution in [0.1, 0.15) is 74.5 Å². The summed E-state index contributed by atoms with van der Waals surface area (Å²) in [5, 5.41) is 0.888. The van der Waals surface area contributed by atoms with Gasteiger partial charge < -0.3 is 4.74 Å². The van der Waals surface area contributed by atoms with E-state index in [9.17, 15) is 4.79 Å². The average Bonchev–Trinajstić information content (AvgIpc) is 2.61. The summed E-state index contributed by atoms with van der Waals surface area (Å²) in [5.41, 5.74) is 5.11. The van der Waals surface area contributed by atoms with Crippen LogP contribution in [0.2, 0.25) is 0 Å². The van der Waals surface area contributed by atoms with Crippen molar-refractivity contribution in [1.82, 2.24) is 4.98 Å². The first kappa shape index (κ1) is 19.9. The minimum atomic E-state index is -0.324. The first-order valence-corrected chi connectivity index (χ1v) is 10.4. The molecule has 0 fully saturated rings. The van der Waals surface area contributed by atoms with Crippen molar-refractivity contribution < 1.29 is 9.53 Å². The quantitative estimate of drug-likeness (QED) is 0.601. The van der Waals surface area contributed by atoms with Crippen molar-refractivity contribution in [2.45, 2.75) is 75.1 Å². The van der Waals surface area contributed by atoms with E-state index in [0.717, 1.165) is 5.03 Å². The highest BCUT2D eigenvalue weighted by Crippen LogP contribution is 2.47. The number of fused-ring (bicyclic) bond motifs is 1. The highest BCUT2D eigenvalue weighted by Gasteiger charge is 2.37. The van der Waals surface area contributed by atoms with Crippen LogP contribution in [0.5, 0.6) is 0 Å². The third kappa shape index (κ3) is 4.06. The molecule has 144 valence electrons. The maximum atomic E-state index is 11.8. The van der Waals surface area contributed by atoms with Crippen LogP contribution in [0, 0.1) is 6.92 Å². The Morgan fingerprint density at radius 2 is 1.74 bits per heavy atom. The van der Waals surface area contributed by atoms with Crippen molar-refractivity contribution in [2.24, 2.45) is 0 Å². The van der Waals surface area contributed by atoms with Gasteiger partial charge in [-0.25, -0.2) is 9.78 Å². The lowest BCUT2D eigenvalue weighted by molar-refractivity contribution is 0.0525. The average molecular weight is 384 g/mol. The van der Waals surface area contributed by atoms with Crippen molar-refractivity contribution in [3.05, 3.63) is 52.7 Å². The summed E-state index contributed by atoms with van der Waals surface area (Å²) in [6.07, 6.45) is 4.02. The van der Waals surface area contributed by atoms with E-state index in [1.807, 2.05) is 6.07 Å². The molecule has 0 N–H and O–H groups in total. The molecule has 3 rings (SSSR count). The number of rotatable bonds is 4. The lowest BCUT2D eigenvalue weighted by atomic mass is 9.63. The van der Waals surface area contributed by atoms with Crippen molar-refractivity contribution in [2.75, 3.05) is 6.61 Å². The van der Waals surface area contributed by atoms with E-state index >= 15 is 0 Å². The lowest BCUT2D eigenvalue weighted by Crippen LogP contribution is -2.34.